The Hall–Kier alpha value is -1.32. The molecule has 0 saturated carbocycles. The lowest BCUT2D eigenvalue weighted by Crippen LogP contribution is -2.26. The van der Waals surface area contributed by atoms with Gasteiger partial charge in [-0.2, -0.15) is 5.10 Å². The smallest absolute Gasteiger partial charge is 0.224 e. The van der Waals surface area contributed by atoms with Gasteiger partial charge in [0, 0.05) is 24.8 Å². The first-order chi connectivity index (χ1) is 8.56. The maximum Gasteiger partial charge on any atom is 0.224 e. The molecule has 1 aromatic rings. The van der Waals surface area contributed by atoms with Crippen molar-refractivity contribution in [2.75, 3.05) is 6.54 Å². The summed E-state index contributed by atoms with van der Waals surface area (Å²) in [6.07, 6.45) is 5.18. The third-order valence-corrected chi connectivity index (χ3v) is 3.35. The van der Waals surface area contributed by atoms with Crippen molar-refractivity contribution >= 4 is 5.91 Å². The molecule has 4 nitrogen and oxygen atoms in total. The van der Waals surface area contributed by atoms with Gasteiger partial charge in [-0.25, -0.2) is 0 Å². The molecule has 0 saturated heterocycles. The molecule has 0 aromatic carbocycles. The van der Waals surface area contributed by atoms with Gasteiger partial charge in [-0.05, 0) is 20.3 Å². The van der Waals surface area contributed by atoms with E-state index >= 15 is 0 Å². The number of aromatic nitrogens is 2. The fraction of sp³-hybridized carbons (Fsp3) is 0.714. The van der Waals surface area contributed by atoms with Crippen LogP contribution >= 0.6 is 0 Å². The molecule has 4 heteroatoms. The largest absolute Gasteiger partial charge is 0.356 e. The number of hydrogen-bond acceptors (Lipinski definition) is 2. The molecule has 0 atom stereocenters. The van der Waals surface area contributed by atoms with Crippen LogP contribution in [0.3, 0.4) is 0 Å². The van der Waals surface area contributed by atoms with Crippen molar-refractivity contribution < 1.29 is 4.79 Å². The second-order valence-corrected chi connectivity index (χ2v) is 4.86. The summed E-state index contributed by atoms with van der Waals surface area (Å²) in [7, 11) is 1.91. The minimum atomic E-state index is 0.102. The lowest BCUT2D eigenvalue weighted by molar-refractivity contribution is -0.120. The minimum Gasteiger partial charge on any atom is -0.356 e. The van der Waals surface area contributed by atoms with Crippen molar-refractivity contribution in [3.05, 3.63) is 17.0 Å². The van der Waals surface area contributed by atoms with Crippen LogP contribution in [0, 0.1) is 13.8 Å². The first kappa shape index (κ1) is 14.7. The Morgan fingerprint density at radius 1 is 1.28 bits per heavy atom. The van der Waals surface area contributed by atoms with Gasteiger partial charge in [0.25, 0.3) is 0 Å². The Morgan fingerprint density at radius 3 is 2.56 bits per heavy atom. The highest BCUT2D eigenvalue weighted by molar-refractivity contribution is 5.79. The summed E-state index contributed by atoms with van der Waals surface area (Å²) in [5.74, 6) is 0.102. The number of carbonyl (C=O) groups is 1. The number of rotatable bonds is 7. The number of aryl methyl sites for hydroxylation is 2. The fourth-order valence-electron chi connectivity index (χ4n) is 2.08. The number of nitrogens with one attached hydrogen (secondary N) is 1. The molecule has 1 amide bonds. The summed E-state index contributed by atoms with van der Waals surface area (Å²) in [5.41, 5.74) is 3.09. The highest BCUT2D eigenvalue weighted by Crippen LogP contribution is 2.12. The summed E-state index contributed by atoms with van der Waals surface area (Å²) in [6.45, 7) is 6.93. The van der Waals surface area contributed by atoms with E-state index in [9.17, 15) is 4.79 Å². The van der Waals surface area contributed by atoms with E-state index in [0.717, 1.165) is 29.9 Å². The maximum atomic E-state index is 11.8. The van der Waals surface area contributed by atoms with E-state index in [0.29, 0.717) is 6.42 Å². The van der Waals surface area contributed by atoms with Crippen LogP contribution in [0.15, 0.2) is 0 Å². The lowest BCUT2D eigenvalue weighted by atomic mass is 10.1. The molecule has 0 radical (unpaired) electrons. The van der Waals surface area contributed by atoms with Crippen LogP contribution in [-0.2, 0) is 18.3 Å². The zero-order valence-electron chi connectivity index (χ0n) is 12.0. The molecule has 0 aliphatic carbocycles. The van der Waals surface area contributed by atoms with Crippen molar-refractivity contribution in [2.45, 2.75) is 52.9 Å². The number of hydrogen-bond donors (Lipinski definition) is 1. The van der Waals surface area contributed by atoms with Crippen molar-refractivity contribution in [1.29, 1.82) is 0 Å². The van der Waals surface area contributed by atoms with Gasteiger partial charge in [0.15, 0.2) is 0 Å². The molecular weight excluding hydrogens is 226 g/mol. The third kappa shape index (κ3) is 4.17. The maximum absolute atomic E-state index is 11.8. The van der Waals surface area contributed by atoms with Gasteiger partial charge in [-0.1, -0.05) is 26.2 Å². The molecule has 0 bridgehead atoms. The van der Waals surface area contributed by atoms with E-state index < -0.39 is 0 Å². The molecule has 102 valence electrons. The minimum absolute atomic E-state index is 0.102. The van der Waals surface area contributed by atoms with Gasteiger partial charge in [-0.3, -0.25) is 9.48 Å². The van der Waals surface area contributed by atoms with Crippen LogP contribution < -0.4 is 5.32 Å². The highest BCUT2D eigenvalue weighted by atomic mass is 16.1. The Kier molecular flexibility index (Phi) is 5.89. The fourth-order valence-corrected chi connectivity index (χ4v) is 2.08. The normalized spacial score (nSPS) is 10.7. The first-order valence-corrected chi connectivity index (χ1v) is 6.82. The summed E-state index contributed by atoms with van der Waals surface area (Å²) < 4.78 is 1.83. The number of carbonyl (C=O) groups excluding carboxylic acids is 1. The van der Waals surface area contributed by atoms with E-state index in [1.165, 1.54) is 19.3 Å². The van der Waals surface area contributed by atoms with Crippen LogP contribution in [-0.4, -0.2) is 22.2 Å². The van der Waals surface area contributed by atoms with E-state index in [4.69, 9.17) is 0 Å². The summed E-state index contributed by atoms with van der Waals surface area (Å²) >= 11 is 0. The van der Waals surface area contributed by atoms with Crippen LogP contribution in [0.5, 0.6) is 0 Å². The molecule has 1 rings (SSSR count). The monoisotopic (exact) mass is 251 g/mol. The lowest BCUT2D eigenvalue weighted by Gasteiger charge is -2.05. The molecule has 1 N–H and O–H groups in total. The van der Waals surface area contributed by atoms with Gasteiger partial charge in [-0.15, -0.1) is 0 Å². The third-order valence-electron chi connectivity index (χ3n) is 3.35. The van der Waals surface area contributed by atoms with Crippen LogP contribution in [0.2, 0.25) is 0 Å². The molecule has 18 heavy (non-hydrogen) atoms. The Bertz CT molecular complexity index is 396. The van der Waals surface area contributed by atoms with Gasteiger partial charge in [0.2, 0.25) is 5.91 Å². The van der Waals surface area contributed by atoms with E-state index in [2.05, 4.69) is 17.3 Å². The zero-order chi connectivity index (χ0) is 13.5. The average molecular weight is 251 g/mol. The van der Waals surface area contributed by atoms with Gasteiger partial charge < -0.3 is 5.32 Å². The molecule has 0 aliphatic heterocycles. The molecule has 0 unspecified atom stereocenters. The van der Waals surface area contributed by atoms with Crippen molar-refractivity contribution in [1.82, 2.24) is 15.1 Å². The Morgan fingerprint density at radius 2 is 2.00 bits per heavy atom. The van der Waals surface area contributed by atoms with E-state index in [-0.39, 0.29) is 5.91 Å². The highest BCUT2D eigenvalue weighted by Gasteiger charge is 2.12. The van der Waals surface area contributed by atoms with Crippen LogP contribution in [0.1, 0.15) is 49.6 Å². The van der Waals surface area contributed by atoms with E-state index in [1.807, 2.05) is 25.6 Å². The number of unbranched alkanes of at least 4 members (excludes halogenated alkanes) is 3. The van der Waals surface area contributed by atoms with E-state index in [1.54, 1.807) is 0 Å². The number of amides is 1. The first-order valence-electron chi connectivity index (χ1n) is 6.82. The van der Waals surface area contributed by atoms with Gasteiger partial charge in [0.1, 0.15) is 0 Å². The standard InChI is InChI=1S/C14H25N3O/c1-5-6-7-8-9-15-14(18)10-13-11(2)16-17(4)12(13)3/h5-10H2,1-4H3,(H,15,18). The molecule has 0 spiro atoms. The summed E-state index contributed by atoms with van der Waals surface area (Å²) in [4.78, 5) is 11.8. The molecule has 1 heterocycles. The van der Waals surface area contributed by atoms with Crippen LogP contribution in [0.4, 0.5) is 0 Å². The topological polar surface area (TPSA) is 46.9 Å². The molecule has 1 aromatic heterocycles. The van der Waals surface area contributed by atoms with Crippen molar-refractivity contribution in [2.24, 2.45) is 7.05 Å². The molecule has 0 fully saturated rings. The predicted octanol–water partition coefficient (Wildman–Crippen LogP) is 2.28. The second-order valence-electron chi connectivity index (χ2n) is 4.86. The van der Waals surface area contributed by atoms with Crippen LogP contribution in [0.25, 0.3) is 0 Å². The van der Waals surface area contributed by atoms with Gasteiger partial charge in [0.05, 0.1) is 12.1 Å². The quantitative estimate of drug-likeness (QED) is 0.756. The second kappa shape index (κ2) is 7.19. The van der Waals surface area contributed by atoms with Crippen molar-refractivity contribution in [3.8, 4) is 0 Å². The Labute approximate surface area is 110 Å². The molecular formula is C14H25N3O. The Balaban J connectivity index is 2.36. The SMILES string of the molecule is CCCCCCNC(=O)Cc1c(C)nn(C)c1C. The molecule has 0 aliphatic rings. The summed E-state index contributed by atoms with van der Waals surface area (Å²) in [6, 6.07) is 0. The predicted molar refractivity (Wildman–Crippen MR) is 73.5 cm³/mol. The number of nitrogens with zero attached hydrogens (tertiary/aromatic N) is 2. The zero-order valence-corrected chi connectivity index (χ0v) is 12.0. The van der Waals surface area contributed by atoms with Crippen molar-refractivity contribution in [3.63, 3.8) is 0 Å². The van der Waals surface area contributed by atoms with Gasteiger partial charge >= 0.3 is 0 Å². The average Bonchev–Trinajstić information content (AvgIpc) is 2.56. The summed E-state index contributed by atoms with van der Waals surface area (Å²) in [5, 5.41) is 7.30.